The third-order valence-electron chi connectivity index (χ3n) is 4.69. The number of nitrogens with zero attached hydrogens (tertiary/aromatic N) is 3. The summed E-state index contributed by atoms with van der Waals surface area (Å²) in [5.41, 5.74) is 1.43. The molecule has 0 spiro atoms. The number of likely N-dealkylation sites (tertiary alicyclic amines) is 1. The maximum atomic E-state index is 13.9. The quantitative estimate of drug-likeness (QED) is 0.632. The highest BCUT2D eigenvalue weighted by molar-refractivity contribution is 9.11. The number of hydrogen-bond acceptors (Lipinski definition) is 3. The molecule has 0 unspecified atom stereocenters. The van der Waals surface area contributed by atoms with Crippen LogP contribution in [0.5, 0.6) is 0 Å². The van der Waals surface area contributed by atoms with Gasteiger partial charge in [-0.15, -0.1) is 11.3 Å². The van der Waals surface area contributed by atoms with E-state index in [1.165, 1.54) is 23.5 Å². The van der Waals surface area contributed by atoms with Crippen molar-refractivity contribution in [3.05, 3.63) is 50.2 Å². The molecule has 0 bridgehead atoms. The van der Waals surface area contributed by atoms with E-state index in [0.717, 1.165) is 35.3 Å². The van der Waals surface area contributed by atoms with E-state index >= 15 is 0 Å². The molecule has 3 rings (SSSR count). The Balaban J connectivity index is 1.85. The van der Waals surface area contributed by atoms with E-state index in [9.17, 15) is 9.18 Å². The van der Waals surface area contributed by atoms with Gasteiger partial charge in [0.25, 0.3) is 5.91 Å². The number of thiophene rings is 1. The van der Waals surface area contributed by atoms with Crippen molar-refractivity contribution < 1.29 is 9.18 Å². The van der Waals surface area contributed by atoms with Crippen molar-refractivity contribution in [2.75, 3.05) is 27.2 Å². The van der Waals surface area contributed by atoms with Crippen LogP contribution in [0.15, 0.2) is 28.1 Å². The molecule has 1 fully saturated rings. The van der Waals surface area contributed by atoms with Crippen LogP contribution in [-0.2, 0) is 0 Å². The molecule has 1 aromatic heterocycles. The molecule has 136 valence electrons. The fraction of sp³-hybridized carbons (Fsp3) is 0.368. The fourth-order valence-corrected chi connectivity index (χ4v) is 4.89. The number of rotatable bonds is 3. The highest BCUT2D eigenvalue weighted by Crippen LogP contribution is 2.38. The molecule has 1 saturated heterocycles. The molecular weight excluding hydrogens is 417 g/mol. The Labute approximate surface area is 165 Å². The van der Waals surface area contributed by atoms with Crippen LogP contribution in [0.25, 0.3) is 16.0 Å². The Bertz CT molecular complexity index is 874. The molecule has 26 heavy (non-hydrogen) atoms. The lowest BCUT2D eigenvalue weighted by atomic mass is 10.0. The van der Waals surface area contributed by atoms with Crippen LogP contribution in [0.4, 0.5) is 10.1 Å². The van der Waals surface area contributed by atoms with Crippen molar-refractivity contribution in [1.29, 1.82) is 0 Å². The summed E-state index contributed by atoms with van der Waals surface area (Å²) in [6.45, 7) is 8.44. The molecule has 2 aromatic rings. The number of benzene rings is 1. The summed E-state index contributed by atoms with van der Waals surface area (Å²) in [6, 6.07) is 6.71. The lowest BCUT2D eigenvalue weighted by Crippen LogP contribution is -2.47. The number of amides is 1. The summed E-state index contributed by atoms with van der Waals surface area (Å²) in [5, 5.41) is 0. The number of carbonyl (C=O) groups is 1. The smallest absolute Gasteiger partial charge is 0.264 e. The second kappa shape index (κ2) is 7.87. The fourth-order valence-electron chi connectivity index (χ4n) is 3.15. The van der Waals surface area contributed by atoms with E-state index in [1.54, 1.807) is 6.07 Å². The highest BCUT2D eigenvalue weighted by Gasteiger charge is 2.27. The lowest BCUT2D eigenvalue weighted by Gasteiger charge is -2.35. The number of piperidine rings is 1. The maximum absolute atomic E-state index is 13.9. The summed E-state index contributed by atoms with van der Waals surface area (Å²) in [6.07, 6.45) is 2.10. The lowest BCUT2D eigenvalue weighted by molar-refractivity contribution is 0.0640. The molecule has 1 amide bonds. The van der Waals surface area contributed by atoms with Gasteiger partial charge in [-0.1, -0.05) is 12.1 Å². The molecule has 0 radical (unpaired) electrons. The first kappa shape index (κ1) is 19.0. The summed E-state index contributed by atoms with van der Waals surface area (Å²) in [5.74, 6) is -0.528. The Morgan fingerprint density at radius 1 is 1.42 bits per heavy atom. The molecule has 1 atom stereocenters. The average Bonchev–Trinajstić information content (AvgIpc) is 3.02. The summed E-state index contributed by atoms with van der Waals surface area (Å²) in [4.78, 5) is 20.8. The van der Waals surface area contributed by atoms with Crippen LogP contribution in [0.1, 0.15) is 22.5 Å². The van der Waals surface area contributed by atoms with Crippen molar-refractivity contribution >= 4 is 38.9 Å². The van der Waals surface area contributed by atoms with Crippen LogP contribution in [0, 0.1) is 12.4 Å². The minimum atomic E-state index is -0.548. The third kappa shape index (κ3) is 3.83. The predicted molar refractivity (Wildman–Crippen MR) is 106 cm³/mol. The topological polar surface area (TPSA) is 27.9 Å². The normalized spacial score (nSPS) is 17.4. The van der Waals surface area contributed by atoms with E-state index < -0.39 is 5.82 Å². The number of halogens is 2. The zero-order valence-electron chi connectivity index (χ0n) is 14.6. The molecule has 4 nitrogen and oxygen atoms in total. The van der Waals surface area contributed by atoms with Crippen molar-refractivity contribution in [3.8, 4) is 11.1 Å². The molecule has 7 heteroatoms. The van der Waals surface area contributed by atoms with Crippen molar-refractivity contribution in [1.82, 2.24) is 9.80 Å². The van der Waals surface area contributed by atoms with Gasteiger partial charge in [0.1, 0.15) is 5.82 Å². The first-order valence-electron chi connectivity index (χ1n) is 8.33. The monoisotopic (exact) mass is 435 g/mol. The second-order valence-electron chi connectivity index (χ2n) is 6.59. The van der Waals surface area contributed by atoms with Gasteiger partial charge < -0.3 is 9.80 Å². The van der Waals surface area contributed by atoms with Crippen LogP contribution < -0.4 is 0 Å². The van der Waals surface area contributed by atoms with Gasteiger partial charge in [-0.3, -0.25) is 4.79 Å². The molecule has 1 aliphatic rings. The molecular formula is C19H19BrFN3OS. The highest BCUT2D eigenvalue weighted by atomic mass is 79.9. The molecule has 2 heterocycles. The molecule has 0 N–H and O–H groups in total. The van der Waals surface area contributed by atoms with E-state index in [0.29, 0.717) is 16.5 Å². The predicted octanol–water partition coefficient (Wildman–Crippen LogP) is 5.03. The third-order valence-corrected chi connectivity index (χ3v) is 6.51. The van der Waals surface area contributed by atoms with Gasteiger partial charge in [0.15, 0.2) is 0 Å². The van der Waals surface area contributed by atoms with Crippen molar-refractivity contribution in [3.63, 3.8) is 0 Å². The van der Waals surface area contributed by atoms with Crippen molar-refractivity contribution in [2.45, 2.75) is 18.9 Å². The number of hydrogen-bond donors (Lipinski definition) is 0. The standard InChI is InChI=1S/C19H19BrFN3OS/c1-22-16-7-6-12(9-15(16)21)14-10-17(26-18(14)20)19(25)24-8-4-5-13(11-24)23(2)3/h6-7,9-10,13H,4-5,8,11H2,2-3H3/t13-/m1/s1. The summed E-state index contributed by atoms with van der Waals surface area (Å²) in [7, 11) is 4.08. The van der Waals surface area contributed by atoms with E-state index in [2.05, 4.69) is 25.7 Å². The van der Waals surface area contributed by atoms with Crippen molar-refractivity contribution in [2.24, 2.45) is 0 Å². The average molecular weight is 436 g/mol. The van der Waals surface area contributed by atoms with Gasteiger partial charge in [0.2, 0.25) is 5.69 Å². The zero-order valence-corrected chi connectivity index (χ0v) is 17.0. The van der Waals surface area contributed by atoms with Gasteiger partial charge in [0.05, 0.1) is 15.2 Å². The molecule has 0 aliphatic carbocycles. The van der Waals surface area contributed by atoms with Gasteiger partial charge in [-0.05, 0) is 60.6 Å². The van der Waals surface area contributed by atoms with Crippen LogP contribution >= 0.6 is 27.3 Å². The zero-order chi connectivity index (χ0) is 18.8. The second-order valence-corrected chi connectivity index (χ2v) is 8.96. The van der Waals surface area contributed by atoms with Crippen LogP contribution in [0.2, 0.25) is 0 Å². The van der Waals surface area contributed by atoms with Gasteiger partial charge in [-0.2, -0.15) is 0 Å². The Kier molecular flexibility index (Phi) is 5.76. The van der Waals surface area contributed by atoms with E-state index in [1.807, 2.05) is 25.1 Å². The van der Waals surface area contributed by atoms with Crippen LogP contribution in [-0.4, -0.2) is 48.9 Å². The van der Waals surface area contributed by atoms with E-state index in [-0.39, 0.29) is 11.6 Å². The molecule has 1 aliphatic heterocycles. The first-order chi connectivity index (χ1) is 12.4. The van der Waals surface area contributed by atoms with Crippen LogP contribution in [0.3, 0.4) is 0 Å². The maximum Gasteiger partial charge on any atom is 0.264 e. The number of likely N-dealkylation sites (N-methyl/N-ethyl adjacent to an activating group) is 1. The minimum absolute atomic E-state index is 0.000513. The summed E-state index contributed by atoms with van der Waals surface area (Å²) < 4.78 is 14.7. The number of carbonyl (C=O) groups excluding carboxylic acids is 1. The summed E-state index contributed by atoms with van der Waals surface area (Å²) >= 11 is 4.86. The van der Waals surface area contributed by atoms with Gasteiger partial charge >= 0.3 is 0 Å². The largest absolute Gasteiger partial charge is 0.336 e. The minimum Gasteiger partial charge on any atom is -0.336 e. The Morgan fingerprint density at radius 2 is 2.19 bits per heavy atom. The van der Waals surface area contributed by atoms with Gasteiger partial charge in [-0.25, -0.2) is 9.24 Å². The van der Waals surface area contributed by atoms with Gasteiger partial charge in [0, 0.05) is 24.7 Å². The first-order valence-corrected chi connectivity index (χ1v) is 9.94. The van der Waals surface area contributed by atoms with E-state index in [4.69, 9.17) is 6.57 Å². The Morgan fingerprint density at radius 3 is 2.85 bits per heavy atom. The molecule has 1 aromatic carbocycles. The SMILES string of the molecule is [C-]#[N+]c1ccc(-c2cc(C(=O)N3CCC[C@@H](N(C)C)C3)sc2Br)cc1F. The molecule has 0 saturated carbocycles. The Hall–Kier alpha value is -1.75.